The zero-order chi connectivity index (χ0) is 14.6. The van der Waals surface area contributed by atoms with E-state index in [0.717, 1.165) is 0 Å². The molecule has 0 heterocycles. The average Bonchev–Trinajstić information content (AvgIpc) is 2.35. The third-order valence-corrected chi connectivity index (χ3v) is 3.18. The van der Waals surface area contributed by atoms with Crippen molar-refractivity contribution < 1.29 is 22.3 Å². The van der Waals surface area contributed by atoms with E-state index in [0.29, 0.717) is 4.90 Å². The Balaban J connectivity index is 2.99. The van der Waals surface area contributed by atoms with Gasteiger partial charge in [-0.25, -0.2) is 8.78 Å². The summed E-state index contributed by atoms with van der Waals surface area (Å²) in [6.45, 7) is -1.43. The molecule has 8 heteroatoms. The maximum absolute atomic E-state index is 12.8. The topological polar surface area (TPSA) is 35.2 Å². The van der Waals surface area contributed by atoms with Crippen LogP contribution in [0.15, 0.2) is 23.1 Å². The SMILES string of the molecule is CSc1cccc(OCC(F)(F)C(F)F)c1C(N)=S. The molecule has 0 aliphatic heterocycles. The monoisotopic (exact) mass is 313 g/mol. The Labute approximate surface area is 117 Å². The molecule has 19 heavy (non-hydrogen) atoms. The molecule has 1 rings (SSSR count). The zero-order valence-electron chi connectivity index (χ0n) is 9.83. The van der Waals surface area contributed by atoms with Crippen LogP contribution in [0.1, 0.15) is 5.56 Å². The number of nitrogens with two attached hydrogens (primary N) is 1. The van der Waals surface area contributed by atoms with Crippen molar-refractivity contribution in [3.63, 3.8) is 0 Å². The highest BCUT2D eigenvalue weighted by Gasteiger charge is 2.41. The van der Waals surface area contributed by atoms with E-state index in [1.165, 1.54) is 17.8 Å². The van der Waals surface area contributed by atoms with Gasteiger partial charge in [-0.3, -0.25) is 0 Å². The molecule has 0 amide bonds. The number of thiocarbonyl (C=S) groups is 1. The molecule has 0 aromatic heterocycles. The summed E-state index contributed by atoms with van der Waals surface area (Å²) in [7, 11) is 0. The third-order valence-electron chi connectivity index (χ3n) is 2.19. The van der Waals surface area contributed by atoms with Gasteiger partial charge in [0.2, 0.25) is 0 Å². The number of hydrogen-bond donors (Lipinski definition) is 1. The molecule has 1 aromatic rings. The quantitative estimate of drug-likeness (QED) is 0.496. The number of alkyl halides is 4. The van der Waals surface area contributed by atoms with Gasteiger partial charge in [0.25, 0.3) is 0 Å². The number of thioether (sulfide) groups is 1. The molecule has 0 unspecified atom stereocenters. The van der Waals surface area contributed by atoms with E-state index in [-0.39, 0.29) is 16.3 Å². The van der Waals surface area contributed by atoms with Crippen molar-refractivity contribution >= 4 is 29.0 Å². The first kappa shape index (κ1) is 16.0. The van der Waals surface area contributed by atoms with Gasteiger partial charge in [-0.05, 0) is 18.4 Å². The first-order valence-electron chi connectivity index (χ1n) is 5.05. The molecular weight excluding hydrogens is 302 g/mol. The Morgan fingerprint density at radius 2 is 2.11 bits per heavy atom. The smallest absolute Gasteiger partial charge is 0.340 e. The van der Waals surface area contributed by atoms with Gasteiger partial charge in [0.1, 0.15) is 10.7 Å². The minimum absolute atomic E-state index is 0.0281. The molecule has 2 N–H and O–H groups in total. The van der Waals surface area contributed by atoms with Crippen molar-refractivity contribution in [2.75, 3.05) is 12.9 Å². The van der Waals surface area contributed by atoms with Gasteiger partial charge in [-0.2, -0.15) is 8.78 Å². The summed E-state index contributed by atoms with van der Waals surface area (Å²) in [5.74, 6) is -4.25. The van der Waals surface area contributed by atoms with E-state index in [2.05, 4.69) is 0 Å². The highest BCUT2D eigenvalue weighted by molar-refractivity contribution is 7.98. The van der Waals surface area contributed by atoms with Crippen LogP contribution in [0.2, 0.25) is 0 Å². The maximum Gasteiger partial charge on any atom is 0.340 e. The second-order valence-corrected chi connectivity index (χ2v) is 4.84. The first-order valence-corrected chi connectivity index (χ1v) is 6.68. The molecular formula is C11H11F4NOS2. The lowest BCUT2D eigenvalue weighted by Crippen LogP contribution is -2.34. The standard InChI is InChI=1S/C11H11F4NOS2/c1-19-7-4-2-3-6(8(7)9(16)18)17-5-11(14,15)10(12)13/h2-4,10H,5H2,1H3,(H2,16,18). The van der Waals surface area contributed by atoms with Crippen molar-refractivity contribution in [3.05, 3.63) is 23.8 Å². The van der Waals surface area contributed by atoms with Crippen LogP contribution in [-0.2, 0) is 0 Å². The fourth-order valence-corrected chi connectivity index (χ4v) is 2.19. The molecule has 106 valence electrons. The Kier molecular flexibility index (Phi) is 5.42. The van der Waals surface area contributed by atoms with Gasteiger partial charge in [-0.1, -0.05) is 18.3 Å². The van der Waals surface area contributed by atoms with E-state index in [4.69, 9.17) is 22.7 Å². The lowest BCUT2D eigenvalue weighted by molar-refractivity contribution is -0.148. The summed E-state index contributed by atoms with van der Waals surface area (Å²) >= 11 is 6.11. The van der Waals surface area contributed by atoms with E-state index in [1.54, 1.807) is 18.4 Å². The minimum atomic E-state index is -4.22. The Hall–Kier alpha value is -1.02. The van der Waals surface area contributed by atoms with Crippen LogP contribution < -0.4 is 10.5 Å². The molecule has 0 atom stereocenters. The van der Waals surface area contributed by atoms with Crippen LogP contribution in [-0.4, -0.2) is 30.2 Å². The van der Waals surface area contributed by atoms with Gasteiger partial charge in [0.05, 0.1) is 5.56 Å². The summed E-state index contributed by atoms with van der Waals surface area (Å²) in [6, 6.07) is 4.58. The van der Waals surface area contributed by atoms with Crippen LogP contribution in [0.4, 0.5) is 17.6 Å². The molecule has 0 radical (unpaired) electrons. The van der Waals surface area contributed by atoms with E-state index >= 15 is 0 Å². The fraction of sp³-hybridized carbons (Fsp3) is 0.364. The zero-order valence-corrected chi connectivity index (χ0v) is 11.5. The molecule has 0 bridgehead atoms. The highest BCUT2D eigenvalue weighted by atomic mass is 32.2. The largest absolute Gasteiger partial charge is 0.486 e. The van der Waals surface area contributed by atoms with Crippen molar-refractivity contribution in [1.82, 2.24) is 0 Å². The summed E-state index contributed by atoms with van der Waals surface area (Å²) < 4.78 is 54.4. The fourth-order valence-electron chi connectivity index (χ4n) is 1.28. The number of rotatable bonds is 6. The van der Waals surface area contributed by atoms with Crippen LogP contribution in [0.3, 0.4) is 0 Å². The Morgan fingerprint density at radius 3 is 2.58 bits per heavy atom. The lowest BCUT2D eigenvalue weighted by atomic mass is 10.2. The van der Waals surface area contributed by atoms with Crippen LogP contribution in [0, 0.1) is 0 Å². The van der Waals surface area contributed by atoms with Crippen LogP contribution >= 0.6 is 24.0 Å². The van der Waals surface area contributed by atoms with E-state index in [9.17, 15) is 17.6 Å². The molecule has 0 fully saturated rings. The maximum atomic E-state index is 12.8. The molecule has 0 aliphatic carbocycles. The number of halogens is 4. The third kappa shape index (κ3) is 3.97. The summed E-state index contributed by atoms with van der Waals surface area (Å²) in [6.07, 6.45) is -2.04. The van der Waals surface area contributed by atoms with Crippen LogP contribution in [0.25, 0.3) is 0 Å². The molecule has 0 saturated heterocycles. The molecule has 1 aromatic carbocycles. The van der Waals surface area contributed by atoms with Gasteiger partial charge >= 0.3 is 12.3 Å². The average molecular weight is 313 g/mol. The molecule has 0 spiro atoms. The predicted molar refractivity (Wildman–Crippen MR) is 70.6 cm³/mol. The Morgan fingerprint density at radius 1 is 1.47 bits per heavy atom. The van der Waals surface area contributed by atoms with E-state index < -0.39 is 19.0 Å². The summed E-state index contributed by atoms with van der Waals surface area (Å²) in [5.41, 5.74) is 5.77. The van der Waals surface area contributed by atoms with Gasteiger partial charge in [0, 0.05) is 4.90 Å². The molecule has 2 nitrogen and oxygen atoms in total. The van der Waals surface area contributed by atoms with Gasteiger partial charge in [0.15, 0.2) is 6.61 Å². The second-order valence-electron chi connectivity index (χ2n) is 3.55. The van der Waals surface area contributed by atoms with Gasteiger partial charge in [-0.15, -0.1) is 11.8 Å². The Bertz CT molecular complexity index is 468. The summed E-state index contributed by atoms with van der Waals surface area (Å²) in [4.78, 5) is 0.589. The number of benzene rings is 1. The van der Waals surface area contributed by atoms with E-state index in [1.807, 2.05) is 0 Å². The minimum Gasteiger partial charge on any atom is -0.486 e. The molecule has 0 saturated carbocycles. The number of hydrogen-bond acceptors (Lipinski definition) is 3. The highest BCUT2D eigenvalue weighted by Crippen LogP contribution is 2.31. The van der Waals surface area contributed by atoms with Gasteiger partial charge < -0.3 is 10.5 Å². The van der Waals surface area contributed by atoms with Crippen LogP contribution in [0.5, 0.6) is 5.75 Å². The number of ether oxygens (including phenoxy) is 1. The second kappa shape index (κ2) is 6.42. The van der Waals surface area contributed by atoms with Crippen molar-refractivity contribution in [2.24, 2.45) is 5.73 Å². The lowest BCUT2D eigenvalue weighted by Gasteiger charge is -2.18. The first-order chi connectivity index (χ1) is 8.79. The van der Waals surface area contributed by atoms with Crippen molar-refractivity contribution in [2.45, 2.75) is 17.2 Å². The molecule has 0 aliphatic rings. The van der Waals surface area contributed by atoms with Crippen molar-refractivity contribution in [3.8, 4) is 5.75 Å². The summed E-state index contributed by atoms with van der Waals surface area (Å²) in [5, 5.41) is 0. The van der Waals surface area contributed by atoms with Crippen molar-refractivity contribution in [1.29, 1.82) is 0 Å². The normalized spacial score (nSPS) is 11.7. The predicted octanol–water partition coefficient (Wildman–Crippen LogP) is 3.32.